The molecule has 1 atom stereocenters. The van der Waals surface area contributed by atoms with Gasteiger partial charge in [-0.25, -0.2) is 8.42 Å². The van der Waals surface area contributed by atoms with Crippen molar-refractivity contribution in [2.75, 3.05) is 17.5 Å². The van der Waals surface area contributed by atoms with Crippen molar-refractivity contribution in [2.24, 2.45) is 0 Å². The van der Waals surface area contributed by atoms with Crippen LogP contribution in [0.5, 0.6) is 5.75 Å². The van der Waals surface area contributed by atoms with Crippen molar-refractivity contribution in [3.63, 3.8) is 0 Å². The molecule has 0 saturated heterocycles. The molecular formula is C33H39Cl2N3O5S. The highest BCUT2D eigenvalue weighted by molar-refractivity contribution is 7.92. The van der Waals surface area contributed by atoms with Gasteiger partial charge < -0.3 is 15.0 Å². The molecule has 2 amide bonds. The van der Waals surface area contributed by atoms with E-state index < -0.39 is 28.5 Å². The Morgan fingerprint density at radius 2 is 1.64 bits per heavy atom. The van der Waals surface area contributed by atoms with E-state index in [1.54, 1.807) is 61.5 Å². The van der Waals surface area contributed by atoms with E-state index in [9.17, 15) is 18.0 Å². The fraction of sp³-hybridized carbons (Fsp3) is 0.394. The Morgan fingerprint density at radius 3 is 2.25 bits per heavy atom. The first-order valence-corrected chi connectivity index (χ1v) is 17.0. The molecule has 0 radical (unpaired) electrons. The lowest BCUT2D eigenvalue weighted by atomic mass is 9.95. The second kappa shape index (κ2) is 15.1. The molecule has 0 heterocycles. The molecule has 3 aromatic carbocycles. The Morgan fingerprint density at radius 1 is 0.977 bits per heavy atom. The van der Waals surface area contributed by atoms with Gasteiger partial charge in [0.1, 0.15) is 18.3 Å². The minimum atomic E-state index is -4.18. The van der Waals surface area contributed by atoms with Gasteiger partial charge in [-0.15, -0.1) is 0 Å². The van der Waals surface area contributed by atoms with Crippen molar-refractivity contribution in [1.29, 1.82) is 0 Å². The van der Waals surface area contributed by atoms with Gasteiger partial charge in [0, 0.05) is 22.6 Å². The summed E-state index contributed by atoms with van der Waals surface area (Å²) in [6.07, 6.45) is 4.98. The number of nitrogens with zero attached hydrogens (tertiary/aromatic N) is 2. The van der Waals surface area contributed by atoms with Crippen LogP contribution in [0.2, 0.25) is 10.0 Å². The van der Waals surface area contributed by atoms with E-state index in [1.165, 1.54) is 17.0 Å². The van der Waals surface area contributed by atoms with Gasteiger partial charge in [0.25, 0.3) is 10.0 Å². The number of amides is 2. The van der Waals surface area contributed by atoms with Crippen LogP contribution in [0, 0.1) is 6.92 Å². The number of ether oxygens (including phenoxy) is 1. The standard InChI is InChI=1S/C33H39Cl2N3O5S/c1-4-43-29-16-14-28(15-17-29)38(44(41,42)30-18-10-23(2)11-19-30)22-32(39)37(21-25-12-13-26(34)20-31(25)35)24(3)33(40)36-27-8-6-5-7-9-27/h10-20,24,27H,4-9,21-22H2,1-3H3,(H,36,40)/t24-/m0/s1. The normalized spacial score (nSPS) is 14.5. The second-order valence-electron chi connectivity index (χ2n) is 11.0. The summed E-state index contributed by atoms with van der Waals surface area (Å²) < 4.78 is 34.7. The van der Waals surface area contributed by atoms with Crippen LogP contribution in [0.4, 0.5) is 5.69 Å². The van der Waals surface area contributed by atoms with Crippen molar-refractivity contribution in [2.45, 2.75) is 76.4 Å². The molecule has 0 unspecified atom stereocenters. The van der Waals surface area contributed by atoms with Crippen LogP contribution in [0.3, 0.4) is 0 Å². The van der Waals surface area contributed by atoms with Crippen LogP contribution < -0.4 is 14.4 Å². The third-order valence-electron chi connectivity index (χ3n) is 7.80. The summed E-state index contributed by atoms with van der Waals surface area (Å²) in [7, 11) is -4.18. The molecule has 8 nitrogen and oxygen atoms in total. The highest BCUT2D eigenvalue weighted by atomic mass is 35.5. The first kappa shape index (κ1) is 33.6. The van der Waals surface area contributed by atoms with E-state index >= 15 is 0 Å². The molecule has 236 valence electrons. The predicted molar refractivity (Wildman–Crippen MR) is 175 cm³/mol. The Kier molecular flexibility index (Phi) is 11.6. The number of aryl methyl sites for hydroxylation is 1. The molecule has 3 aromatic rings. The molecule has 1 saturated carbocycles. The van der Waals surface area contributed by atoms with Gasteiger partial charge in [-0.3, -0.25) is 13.9 Å². The molecule has 1 aliphatic rings. The molecule has 1 N–H and O–H groups in total. The topological polar surface area (TPSA) is 96.0 Å². The number of rotatable bonds is 12. The number of hydrogen-bond donors (Lipinski definition) is 1. The average molecular weight is 661 g/mol. The van der Waals surface area contributed by atoms with Gasteiger partial charge in [0.2, 0.25) is 11.8 Å². The maximum Gasteiger partial charge on any atom is 0.264 e. The summed E-state index contributed by atoms with van der Waals surface area (Å²) in [6.45, 7) is 5.26. The zero-order valence-corrected chi connectivity index (χ0v) is 27.6. The summed E-state index contributed by atoms with van der Waals surface area (Å²) in [6, 6.07) is 17.0. The quantitative estimate of drug-likeness (QED) is 0.232. The first-order chi connectivity index (χ1) is 21.0. The molecule has 1 aliphatic carbocycles. The van der Waals surface area contributed by atoms with Crippen molar-refractivity contribution < 1.29 is 22.7 Å². The number of halogens is 2. The first-order valence-electron chi connectivity index (χ1n) is 14.9. The highest BCUT2D eigenvalue weighted by Crippen LogP contribution is 2.28. The van der Waals surface area contributed by atoms with Crippen molar-refractivity contribution in [1.82, 2.24) is 10.2 Å². The van der Waals surface area contributed by atoms with Crippen LogP contribution in [-0.4, -0.2) is 50.4 Å². The molecule has 44 heavy (non-hydrogen) atoms. The van der Waals surface area contributed by atoms with Crippen molar-refractivity contribution in [3.05, 3.63) is 87.9 Å². The van der Waals surface area contributed by atoms with E-state index in [0.29, 0.717) is 28.0 Å². The van der Waals surface area contributed by atoms with Crippen LogP contribution in [0.1, 0.15) is 57.1 Å². The Balaban J connectivity index is 1.70. The fourth-order valence-corrected chi connectivity index (χ4v) is 7.11. The second-order valence-corrected chi connectivity index (χ2v) is 13.7. The number of carbonyl (C=O) groups is 2. The third-order valence-corrected chi connectivity index (χ3v) is 10.2. The van der Waals surface area contributed by atoms with Gasteiger partial charge in [-0.2, -0.15) is 0 Å². The number of carbonyl (C=O) groups excluding carboxylic acids is 2. The number of nitrogens with one attached hydrogen (secondary N) is 1. The van der Waals surface area contributed by atoms with Crippen LogP contribution in [0.25, 0.3) is 0 Å². The smallest absolute Gasteiger partial charge is 0.264 e. The number of benzene rings is 3. The average Bonchev–Trinajstić information content (AvgIpc) is 3.00. The monoisotopic (exact) mass is 659 g/mol. The Bertz CT molecular complexity index is 1540. The van der Waals surface area contributed by atoms with Gasteiger partial charge in [0.05, 0.1) is 17.2 Å². The molecule has 0 aromatic heterocycles. The minimum absolute atomic E-state index is 0.0181. The van der Waals surface area contributed by atoms with Crippen LogP contribution in [-0.2, 0) is 26.2 Å². The maximum absolute atomic E-state index is 14.2. The number of sulfonamides is 1. The summed E-state index contributed by atoms with van der Waals surface area (Å²) in [5.41, 5.74) is 1.76. The predicted octanol–water partition coefficient (Wildman–Crippen LogP) is 6.76. The number of hydrogen-bond acceptors (Lipinski definition) is 5. The zero-order chi connectivity index (χ0) is 31.9. The van der Waals surface area contributed by atoms with Gasteiger partial charge >= 0.3 is 0 Å². The minimum Gasteiger partial charge on any atom is -0.494 e. The molecule has 0 bridgehead atoms. The van der Waals surface area contributed by atoms with E-state index in [1.807, 2.05) is 13.8 Å². The maximum atomic E-state index is 14.2. The third kappa shape index (κ3) is 8.46. The lowest BCUT2D eigenvalue weighted by Crippen LogP contribution is -2.53. The molecule has 0 aliphatic heterocycles. The Hall–Kier alpha value is -3.27. The molecule has 11 heteroatoms. The lowest BCUT2D eigenvalue weighted by molar-refractivity contribution is -0.139. The zero-order valence-electron chi connectivity index (χ0n) is 25.3. The SMILES string of the molecule is CCOc1ccc(N(CC(=O)N(Cc2ccc(Cl)cc2Cl)[C@@H](C)C(=O)NC2CCCCC2)S(=O)(=O)c2ccc(C)cc2)cc1. The van der Waals surface area contributed by atoms with E-state index in [2.05, 4.69) is 5.32 Å². The highest BCUT2D eigenvalue weighted by Gasteiger charge is 2.33. The van der Waals surface area contributed by atoms with E-state index in [4.69, 9.17) is 27.9 Å². The number of anilines is 1. The molecule has 0 spiro atoms. The summed E-state index contributed by atoms with van der Waals surface area (Å²) in [4.78, 5) is 29.1. The largest absolute Gasteiger partial charge is 0.494 e. The van der Waals surface area contributed by atoms with Crippen molar-refractivity contribution >= 4 is 50.7 Å². The van der Waals surface area contributed by atoms with Gasteiger partial charge in [-0.1, -0.05) is 66.2 Å². The van der Waals surface area contributed by atoms with Crippen LogP contribution >= 0.6 is 23.2 Å². The van der Waals surface area contributed by atoms with E-state index in [-0.39, 0.29) is 29.1 Å². The molecule has 1 fully saturated rings. The van der Waals surface area contributed by atoms with Gasteiger partial charge in [0.15, 0.2) is 0 Å². The summed E-state index contributed by atoms with van der Waals surface area (Å²) >= 11 is 12.6. The van der Waals surface area contributed by atoms with Gasteiger partial charge in [-0.05, 0) is 87.7 Å². The fourth-order valence-electron chi connectivity index (χ4n) is 5.23. The Labute approximate surface area is 270 Å². The lowest BCUT2D eigenvalue weighted by Gasteiger charge is -2.33. The summed E-state index contributed by atoms with van der Waals surface area (Å²) in [5.74, 6) is -0.293. The molecule has 4 rings (SSSR count). The van der Waals surface area contributed by atoms with Crippen molar-refractivity contribution in [3.8, 4) is 5.75 Å². The molecular weight excluding hydrogens is 621 g/mol. The summed E-state index contributed by atoms with van der Waals surface area (Å²) in [5, 5.41) is 3.87. The van der Waals surface area contributed by atoms with E-state index in [0.717, 1.165) is 42.0 Å². The van der Waals surface area contributed by atoms with Crippen LogP contribution in [0.15, 0.2) is 71.6 Å².